The minimum atomic E-state index is -0.371. The highest BCUT2D eigenvalue weighted by molar-refractivity contribution is 6.34. The Balaban J connectivity index is 1.65. The fourth-order valence-corrected chi connectivity index (χ4v) is 4.64. The topological polar surface area (TPSA) is 71.4 Å². The Labute approximate surface area is 226 Å². The molecule has 3 aromatic carbocycles. The quantitative estimate of drug-likeness (QED) is 0.361. The van der Waals surface area contributed by atoms with Gasteiger partial charge in [-0.15, -0.1) is 0 Å². The van der Waals surface area contributed by atoms with Crippen LogP contribution >= 0.6 is 23.2 Å². The van der Waals surface area contributed by atoms with Crippen LogP contribution in [0.5, 0.6) is 5.75 Å². The van der Waals surface area contributed by atoms with Crippen LogP contribution in [0.1, 0.15) is 33.9 Å². The van der Waals surface area contributed by atoms with Gasteiger partial charge in [0.2, 0.25) is 0 Å². The van der Waals surface area contributed by atoms with Gasteiger partial charge in [-0.05, 0) is 35.9 Å². The van der Waals surface area contributed by atoms with E-state index in [-0.39, 0.29) is 37.6 Å². The molecule has 2 amide bonds. The lowest BCUT2D eigenvalue weighted by Gasteiger charge is -2.27. The number of benzene rings is 3. The van der Waals surface area contributed by atoms with Crippen LogP contribution in [0, 0.1) is 0 Å². The van der Waals surface area contributed by atoms with Crippen LogP contribution in [0.4, 0.5) is 0 Å². The van der Waals surface area contributed by atoms with Crippen LogP contribution in [-0.2, 0) is 9.53 Å². The van der Waals surface area contributed by atoms with Crippen molar-refractivity contribution in [1.29, 1.82) is 0 Å². The Morgan fingerprint density at radius 2 is 1.65 bits per heavy atom. The molecule has 1 atom stereocenters. The molecule has 0 radical (unpaired) electrons. The van der Waals surface area contributed by atoms with Crippen molar-refractivity contribution >= 4 is 40.7 Å². The molecule has 0 saturated heterocycles. The first-order valence-electron chi connectivity index (χ1n) is 11.7. The van der Waals surface area contributed by atoms with E-state index in [0.29, 0.717) is 33.5 Å². The maximum atomic E-state index is 13.7. The van der Waals surface area contributed by atoms with Crippen LogP contribution in [0.25, 0.3) is 0 Å². The first-order valence-corrected chi connectivity index (χ1v) is 12.5. The van der Waals surface area contributed by atoms with E-state index in [1.54, 1.807) is 44.6 Å². The summed E-state index contributed by atoms with van der Waals surface area (Å²) in [6.45, 7) is 0.285. The molecule has 0 unspecified atom stereocenters. The second kappa shape index (κ2) is 12.2. The Bertz CT molecular complexity index is 1300. The van der Waals surface area contributed by atoms with Crippen LogP contribution < -0.4 is 4.74 Å². The molecule has 0 aromatic heterocycles. The van der Waals surface area contributed by atoms with E-state index in [1.807, 2.05) is 42.5 Å². The second-order valence-electron chi connectivity index (χ2n) is 8.46. The van der Waals surface area contributed by atoms with Gasteiger partial charge in [0, 0.05) is 30.7 Å². The highest BCUT2D eigenvalue weighted by Crippen LogP contribution is 2.35. The van der Waals surface area contributed by atoms with Gasteiger partial charge < -0.3 is 14.4 Å². The molecule has 7 nitrogen and oxygen atoms in total. The zero-order chi connectivity index (χ0) is 26.4. The number of nitrogens with zero attached hydrogens (tertiary/aromatic N) is 3. The van der Waals surface area contributed by atoms with Gasteiger partial charge in [0.1, 0.15) is 12.3 Å². The molecule has 9 heteroatoms. The molecule has 1 heterocycles. The number of carbonyl (C=O) groups excluding carboxylic acids is 2. The van der Waals surface area contributed by atoms with Gasteiger partial charge >= 0.3 is 0 Å². The number of hydrazone groups is 1. The third-order valence-corrected chi connectivity index (χ3v) is 6.79. The van der Waals surface area contributed by atoms with Crippen molar-refractivity contribution in [2.75, 3.05) is 33.9 Å². The van der Waals surface area contributed by atoms with Crippen LogP contribution in [0.2, 0.25) is 10.0 Å². The van der Waals surface area contributed by atoms with Crippen LogP contribution in [-0.4, -0.2) is 61.4 Å². The summed E-state index contributed by atoms with van der Waals surface area (Å²) in [7, 11) is 3.14. The van der Waals surface area contributed by atoms with E-state index < -0.39 is 0 Å². The molecule has 0 fully saturated rings. The van der Waals surface area contributed by atoms with Crippen LogP contribution in [0.15, 0.2) is 77.9 Å². The van der Waals surface area contributed by atoms with Gasteiger partial charge in [0.05, 0.1) is 36.1 Å². The SMILES string of the molecule is COCCN(CC(=O)N1N=C(c2ccccc2Cl)C[C@H]1c1ccc(OC)cc1)C(=O)c1ccccc1Cl. The third-order valence-electron chi connectivity index (χ3n) is 6.13. The van der Waals surface area contributed by atoms with Crippen molar-refractivity contribution in [2.24, 2.45) is 5.10 Å². The van der Waals surface area contributed by atoms with E-state index in [2.05, 4.69) is 0 Å². The maximum absolute atomic E-state index is 13.7. The zero-order valence-electron chi connectivity index (χ0n) is 20.6. The van der Waals surface area contributed by atoms with E-state index >= 15 is 0 Å². The zero-order valence-corrected chi connectivity index (χ0v) is 22.1. The van der Waals surface area contributed by atoms with Gasteiger partial charge in [-0.1, -0.05) is 65.7 Å². The van der Waals surface area contributed by atoms with Crippen molar-refractivity contribution in [3.8, 4) is 5.75 Å². The minimum Gasteiger partial charge on any atom is -0.497 e. The second-order valence-corrected chi connectivity index (χ2v) is 9.27. The first kappa shape index (κ1) is 26.7. The molecule has 1 aliphatic heterocycles. The Morgan fingerprint density at radius 1 is 0.973 bits per heavy atom. The predicted molar refractivity (Wildman–Crippen MR) is 144 cm³/mol. The molecule has 3 aromatic rings. The smallest absolute Gasteiger partial charge is 0.262 e. The number of rotatable bonds is 9. The Morgan fingerprint density at radius 3 is 2.30 bits per heavy atom. The Kier molecular flexibility index (Phi) is 8.82. The standard InChI is InChI=1S/C28H27Cl2N3O4/c1-36-16-15-32(28(35)22-8-4-6-10-24(22)30)18-27(34)33-26(19-11-13-20(37-2)14-12-19)17-25(31-33)21-7-3-5-9-23(21)29/h3-14,26H,15-18H2,1-2H3/t26-/m0/s1. The lowest BCUT2D eigenvalue weighted by molar-refractivity contribution is -0.133. The lowest BCUT2D eigenvalue weighted by Crippen LogP contribution is -2.42. The number of hydrogen-bond acceptors (Lipinski definition) is 5. The van der Waals surface area contributed by atoms with E-state index in [9.17, 15) is 9.59 Å². The molecule has 0 saturated carbocycles. The number of carbonyl (C=O) groups is 2. The molecule has 37 heavy (non-hydrogen) atoms. The minimum absolute atomic E-state index is 0.195. The van der Waals surface area contributed by atoms with Gasteiger partial charge in [0.15, 0.2) is 0 Å². The molecule has 0 bridgehead atoms. The summed E-state index contributed by atoms with van der Waals surface area (Å²) < 4.78 is 10.5. The highest BCUT2D eigenvalue weighted by Gasteiger charge is 2.35. The molecular weight excluding hydrogens is 513 g/mol. The number of hydrogen-bond donors (Lipinski definition) is 0. The maximum Gasteiger partial charge on any atom is 0.262 e. The summed E-state index contributed by atoms with van der Waals surface area (Å²) >= 11 is 12.7. The summed E-state index contributed by atoms with van der Waals surface area (Å²) in [6, 6.07) is 21.3. The van der Waals surface area contributed by atoms with Gasteiger partial charge in [-0.2, -0.15) is 5.10 Å². The van der Waals surface area contributed by atoms with E-state index in [1.165, 1.54) is 9.91 Å². The molecular formula is C28H27Cl2N3O4. The summed E-state index contributed by atoms with van der Waals surface area (Å²) in [6.07, 6.45) is 0.471. The van der Waals surface area contributed by atoms with Gasteiger partial charge in [-0.25, -0.2) is 5.01 Å². The van der Waals surface area contributed by atoms with E-state index in [4.69, 9.17) is 37.8 Å². The number of halogens is 2. The lowest BCUT2D eigenvalue weighted by atomic mass is 9.98. The van der Waals surface area contributed by atoms with E-state index in [0.717, 1.165) is 11.1 Å². The van der Waals surface area contributed by atoms with Crippen molar-refractivity contribution < 1.29 is 19.1 Å². The molecule has 4 rings (SSSR count). The predicted octanol–water partition coefficient (Wildman–Crippen LogP) is 5.47. The molecule has 0 N–H and O–H groups in total. The summed E-state index contributed by atoms with van der Waals surface area (Å²) in [5.74, 6) is 0.0221. The fraction of sp³-hybridized carbons (Fsp3) is 0.250. The van der Waals surface area contributed by atoms with Gasteiger partial charge in [0.25, 0.3) is 11.8 Å². The average Bonchev–Trinajstić information content (AvgIpc) is 3.36. The molecule has 1 aliphatic rings. The largest absolute Gasteiger partial charge is 0.497 e. The summed E-state index contributed by atoms with van der Waals surface area (Å²) in [4.78, 5) is 28.5. The average molecular weight is 540 g/mol. The number of methoxy groups -OCH3 is 2. The molecule has 192 valence electrons. The van der Waals surface area contributed by atoms with Crippen molar-refractivity contribution in [3.63, 3.8) is 0 Å². The summed E-state index contributed by atoms with van der Waals surface area (Å²) in [5, 5.41) is 7.01. The summed E-state index contributed by atoms with van der Waals surface area (Å²) in [5.41, 5.74) is 2.67. The fourth-order valence-electron chi connectivity index (χ4n) is 4.18. The van der Waals surface area contributed by atoms with Crippen molar-refractivity contribution in [3.05, 3.63) is 99.5 Å². The monoisotopic (exact) mass is 539 g/mol. The molecule has 0 spiro atoms. The number of ether oxygens (including phenoxy) is 2. The van der Waals surface area contributed by atoms with Crippen molar-refractivity contribution in [2.45, 2.75) is 12.5 Å². The highest BCUT2D eigenvalue weighted by atomic mass is 35.5. The first-order chi connectivity index (χ1) is 17.9. The third kappa shape index (κ3) is 6.13. The Hall–Kier alpha value is -3.39. The normalized spacial score (nSPS) is 14.9. The van der Waals surface area contributed by atoms with Crippen LogP contribution in [0.3, 0.4) is 0 Å². The molecule has 0 aliphatic carbocycles. The number of amides is 2. The van der Waals surface area contributed by atoms with Gasteiger partial charge in [-0.3, -0.25) is 9.59 Å². The van der Waals surface area contributed by atoms with Crippen molar-refractivity contribution in [1.82, 2.24) is 9.91 Å².